The summed E-state index contributed by atoms with van der Waals surface area (Å²) in [6.45, 7) is 8.34. The Morgan fingerprint density at radius 2 is 1.95 bits per heavy atom. The van der Waals surface area contributed by atoms with Gasteiger partial charge in [0.05, 0.1) is 6.10 Å². The monoisotopic (exact) mass is 282 g/mol. The number of piperazine rings is 1. The molecule has 20 heavy (non-hydrogen) atoms. The van der Waals surface area contributed by atoms with Crippen LogP contribution < -0.4 is 5.32 Å². The van der Waals surface area contributed by atoms with E-state index in [0.717, 1.165) is 12.8 Å². The summed E-state index contributed by atoms with van der Waals surface area (Å²) >= 11 is 0. The van der Waals surface area contributed by atoms with Crippen LogP contribution in [0.15, 0.2) is 0 Å². The maximum Gasteiger partial charge on any atom is 0.246 e. The zero-order valence-electron chi connectivity index (χ0n) is 13.1. The molecule has 1 saturated heterocycles. The second kappa shape index (κ2) is 5.35. The van der Waals surface area contributed by atoms with Crippen molar-refractivity contribution in [3.8, 4) is 0 Å². The first-order chi connectivity index (χ1) is 9.25. The molecule has 3 atom stereocenters. The molecule has 1 N–H and O–H groups in total. The minimum atomic E-state index is -0.450. The van der Waals surface area contributed by atoms with Gasteiger partial charge in [0.25, 0.3) is 0 Å². The highest BCUT2D eigenvalue weighted by Crippen LogP contribution is 2.38. The topological polar surface area (TPSA) is 58.6 Å². The lowest BCUT2D eigenvalue weighted by Gasteiger charge is -2.44. The highest BCUT2D eigenvalue weighted by molar-refractivity contribution is 5.97. The summed E-state index contributed by atoms with van der Waals surface area (Å²) in [5.41, 5.74) is -0.282. The predicted molar refractivity (Wildman–Crippen MR) is 76.1 cm³/mol. The quantitative estimate of drug-likeness (QED) is 0.842. The predicted octanol–water partition coefficient (Wildman–Crippen LogP) is 1.17. The molecule has 5 nitrogen and oxygen atoms in total. The Bertz CT molecular complexity index is 398. The number of methoxy groups -OCH3 is 1. The van der Waals surface area contributed by atoms with Gasteiger partial charge in [-0.25, -0.2) is 0 Å². The van der Waals surface area contributed by atoms with Crippen molar-refractivity contribution in [3.05, 3.63) is 0 Å². The van der Waals surface area contributed by atoms with Crippen molar-refractivity contribution in [2.24, 2.45) is 11.3 Å². The lowest BCUT2D eigenvalue weighted by Crippen LogP contribution is -2.67. The molecule has 0 aromatic heterocycles. The van der Waals surface area contributed by atoms with Crippen LogP contribution in [0.25, 0.3) is 0 Å². The molecule has 3 unspecified atom stereocenters. The zero-order chi connectivity index (χ0) is 15.1. The molecule has 2 fully saturated rings. The third-order valence-corrected chi connectivity index (χ3v) is 4.21. The standard InChI is InChI=1S/C15H26N2O3/c1-9(20-5)8-17-11(10-6-7-10)13(18)16-12(14(17)19)15(2,3)4/h9-12H,6-8H2,1-5H3,(H,16,18). The van der Waals surface area contributed by atoms with Crippen LogP contribution in [0.2, 0.25) is 0 Å². The molecule has 2 amide bonds. The normalized spacial score (nSPS) is 29.4. The van der Waals surface area contributed by atoms with Crippen molar-refractivity contribution in [2.45, 2.75) is 58.7 Å². The van der Waals surface area contributed by atoms with Crippen LogP contribution in [0.5, 0.6) is 0 Å². The fraction of sp³-hybridized carbons (Fsp3) is 0.867. The van der Waals surface area contributed by atoms with Crippen LogP contribution in [-0.4, -0.2) is 48.6 Å². The molecule has 0 spiro atoms. The van der Waals surface area contributed by atoms with Gasteiger partial charge in [0.1, 0.15) is 12.1 Å². The van der Waals surface area contributed by atoms with Crippen LogP contribution in [0.1, 0.15) is 40.5 Å². The summed E-state index contributed by atoms with van der Waals surface area (Å²) < 4.78 is 5.28. The number of nitrogens with one attached hydrogen (secondary N) is 1. The number of carbonyl (C=O) groups is 2. The molecule has 0 radical (unpaired) electrons. The van der Waals surface area contributed by atoms with Crippen molar-refractivity contribution in [1.29, 1.82) is 0 Å². The van der Waals surface area contributed by atoms with Gasteiger partial charge in [0.2, 0.25) is 11.8 Å². The van der Waals surface area contributed by atoms with E-state index in [1.54, 1.807) is 12.0 Å². The van der Waals surface area contributed by atoms with Gasteiger partial charge in [-0.15, -0.1) is 0 Å². The van der Waals surface area contributed by atoms with Gasteiger partial charge in [0.15, 0.2) is 0 Å². The number of hydrogen-bond donors (Lipinski definition) is 1. The SMILES string of the molecule is COC(C)CN1C(=O)C(C(C)(C)C)NC(=O)C1C1CC1. The molecular weight excluding hydrogens is 256 g/mol. The minimum absolute atomic E-state index is 0.00433. The van der Waals surface area contributed by atoms with Gasteiger partial charge in [0, 0.05) is 13.7 Å². The Labute approximate surface area is 121 Å². The van der Waals surface area contributed by atoms with Crippen molar-refractivity contribution >= 4 is 11.8 Å². The zero-order valence-corrected chi connectivity index (χ0v) is 13.1. The second-order valence-corrected chi connectivity index (χ2v) is 7.13. The largest absolute Gasteiger partial charge is 0.380 e. The van der Waals surface area contributed by atoms with E-state index in [1.807, 2.05) is 27.7 Å². The van der Waals surface area contributed by atoms with E-state index >= 15 is 0 Å². The summed E-state index contributed by atoms with van der Waals surface area (Å²) in [6.07, 6.45) is 2.00. The number of nitrogens with zero attached hydrogens (tertiary/aromatic N) is 1. The van der Waals surface area contributed by atoms with Gasteiger partial charge in [-0.2, -0.15) is 0 Å². The van der Waals surface area contributed by atoms with Gasteiger partial charge >= 0.3 is 0 Å². The fourth-order valence-corrected chi connectivity index (χ4v) is 2.76. The molecule has 5 heteroatoms. The van der Waals surface area contributed by atoms with Gasteiger partial charge in [-0.05, 0) is 31.1 Å². The van der Waals surface area contributed by atoms with Crippen molar-refractivity contribution in [1.82, 2.24) is 10.2 Å². The molecule has 1 heterocycles. The summed E-state index contributed by atoms with van der Waals surface area (Å²) in [5.74, 6) is 0.345. The lowest BCUT2D eigenvalue weighted by atomic mass is 9.83. The first kappa shape index (κ1) is 15.3. The smallest absolute Gasteiger partial charge is 0.246 e. The van der Waals surface area contributed by atoms with E-state index in [-0.39, 0.29) is 29.4 Å². The Kier molecular flexibility index (Phi) is 4.09. The Morgan fingerprint density at radius 3 is 2.40 bits per heavy atom. The van der Waals surface area contributed by atoms with Gasteiger partial charge < -0.3 is 15.0 Å². The average Bonchev–Trinajstić information content (AvgIpc) is 3.16. The molecule has 1 aliphatic heterocycles. The molecule has 0 aromatic rings. The third kappa shape index (κ3) is 2.97. The first-order valence-corrected chi connectivity index (χ1v) is 7.39. The van der Waals surface area contributed by atoms with Crippen LogP contribution in [0.4, 0.5) is 0 Å². The summed E-state index contributed by atoms with van der Waals surface area (Å²) in [7, 11) is 1.63. The molecule has 114 valence electrons. The third-order valence-electron chi connectivity index (χ3n) is 4.21. The molecule has 0 aromatic carbocycles. The number of rotatable bonds is 4. The number of amides is 2. The van der Waals surface area contributed by atoms with E-state index in [1.165, 1.54) is 0 Å². The van der Waals surface area contributed by atoms with Gasteiger partial charge in [-0.3, -0.25) is 9.59 Å². The van der Waals surface area contributed by atoms with Crippen LogP contribution >= 0.6 is 0 Å². The van der Waals surface area contributed by atoms with E-state index in [2.05, 4.69) is 5.32 Å². The van der Waals surface area contributed by atoms with Crippen molar-refractivity contribution in [3.63, 3.8) is 0 Å². The number of ether oxygens (including phenoxy) is 1. The lowest BCUT2D eigenvalue weighted by molar-refractivity contribution is -0.155. The van der Waals surface area contributed by atoms with Crippen molar-refractivity contribution in [2.75, 3.05) is 13.7 Å². The number of hydrogen-bond acceptors (Lipinski definition) is 3. The van der Waals surface area contributed by atoms with E-state index in [9.17, 15) is 9.59 Å². The molecular formula is C15H26N2O3. The maximum absolute atomic E-state index is 12.8. The highest BCUT2D eigenvalue weighted by Gasteiger charge is 2.50. The Hall–Kier alpha value is -1.10. The summed E-state index contributed by atoms with van der Waals surface area (Å²) in [6, 6.07) is -0.757. The average molecular weight is 282 g/mol. The van der Waals surface area contributed by atoms with Crippen molar-refractivity contribution < 1.29 is 14.3 Å². The van der Waals surface area contributed by atoms with Crippen LogP contribution in [-0.2, 0) is 14.3 Å². The molecule has 1 aliphatic carbocycles. The van der Waals surface area contributed by atoms with E-state index < -0.39 is 6.04 Å². The van der Waals surface area contributed by atoms with Crippen LogP contribution in [0.3, 0.4) is 0 Å². The summed E-state index contributed by atoms with van der Waals surface area (Å²) in [4.78, 5) is 26.9. The fourth-order valence-electron chi connectivity index (χ4n) is 2.76. The second-order valence-electron chi connectivity index (χ2n) is 7.13. The summed E-state index contributed by atoms with van der Waals surface area (Å²) in [5, 5.41) is 2.93. The molecule has 1 saturated carbocycles. The van der Waals surface area contributed by atoms with E-state index in [4.69, 9.17) is 4.74 Å². The van der Waals surface area contributed by atoms with E-state index in [0.29, 0.717) is 12.5 Å². The minimum Gasteiger partial charge on any atom is -0.380 e. The number of carbonyl (C=O) groups excluding carboxylic acids is 2. The Balaban J connectivity index is 2.23. The molecule has 2 rings (SSSR count). The van der Waals surface area contributed by atoms with Crippen LogP contribution in [0, 0.1) is 11.3 Å². The Morgan fingerprint density at radius 1 is 1.35 bits per heavy atom. The maximum atomic E-state index is 12.8. The first-order valence-electron chi connectivity index (χ1n) is 7.39. The molecule has 0 bridgehead atoms. The highest BCUT2D eigenvalue weighted by atomic mass is 16.5. The molecule has 2 aliphatic rings. The van der Waals surface area contributed by atoms with Gasteiger partial charge in [-0.1, -0.05) is 20.8 Å².